The van der Waals surface area contributed by atoms with Crippen LogP contribution in [0.5, 0.6) is 0 Å². The van der Waals surface area contributed by atoms with Crippen molar-refractivity contribution in [2.24, 2.45) is 0 Å². The molecule has 3 N–H and O–H groups in total. The highest BCUT2D eigenvalue weighted by molar-refractivity contribution is 5.85. The topological polar surface area (TPSA) is 78.4 Å². The van der Waals surface area contributed by atoms with Crippen molar-refractivity contribution in [3.63, 3.8) is 0 Å². The summed E-state index contributed by atoms with van der Waals surface area (Å²) in [4.78, 5) is 22.3. The molecule has 5 nitrogen and oxygen atoms in total. The molecule has 0 spiro atoms. The molecule has 92 valence electrons. The van der Waals surface area contributed by atoms with E-state index in [1.54, 1.807) is 6.92 Å². The third kappa shape index (κ3) is 4.82. The van der Waals surface area contributed by atoms with Gasteiger partial charge in [0.1, 0.15) is 5.54 Å². The Bertz CT molecular complexity index is 296. The van der Waals surface area contributed by atoms with Crippen LogP contribution in [0.3, 0.4) is 0 Å². The van der Waals surface area contributed by atoms with Crippen LogP contribution in [0, 0.1) is 0 Å². The molecule has 0 saturated carbocycles. The summed E-state index contributed by atoms with van der Waals surface area (Å²) in [5, 5.41) is 13.9. The zero-order valence-corrected chi connectivity index (χ0v) is 10.3. The summed E-state index contributed by atoms with van der Waals surface area (Å²) in [5.74, 6) is -1.03. The molecule has 0 aromatic rings. The molecule has 1 unspecified atom stereocenters. The Morgan fingerprint density at radius 2 is 1.94 bits per heavy atom. The van der Waals surface area contributed by atoms with Gasteiger partial charge in [0.15, 0.2) is 0 Å². The highest BCUT2D eigenvalue weighted by Gasteiger charge is 2.32. The highest BCUT2D eigenvalue weighted by Crippen LogP contribution is 2.08. The second kappa shape index (κ2) is 6.15. The monoisotopic (exact) mass is 228 g/mol. The smallest absolute Gasteiger partial charge is 0.329 e. The number of nitrogens with one attached hydrogen (secondary N) is 2. The molecule has 5 heteroatoms. The Morgan fingerprint density at radius 3 is 2.31 bits per heavy atom. The van der Waals surface area contributed by atoms with E-state index in [0.29, 0.717) is 13.0 Å². The average molecular weight is 228 g/mol. The quantitative estimate of drug-likeness (QED) is 0.624. The SMILES string of the molecule is CCC(C)(NC(=O)NCC=C(C)C)C(=O)O. The number of carbonyl (C=O) groups is 2. The lowest BCUT2D eigenvalue weighted by Crippen LogP contribution is -2.54. The van der Waals surface area contributed by atoms with Crippen LogP contribution >= 0.6 is 0 Å². The second-order valence-electron chi connectivity index (χ2n) is 4.11. The van der Waals surface area contributed by atoms with E-state index < -0.39 is 17.5 Å². The van der Waals surface area contributed by atoms with E-state index in [2.05, 4.69) is 10.6 Å². The fraction of sp³-hybridized carbons (Fsp3) is 0.636. The van der Waals surface area contributed by atoms with E-state index in [-0.39, 0.29) is 0 Å². The summed E-state index contributed by atoms with van der Waals surface area (Å²) in [7, 11) is 0. The average Bonchev–Trinajstić information content (AvgIpc) is 2.16. The first kappa shape index (κ1) is 14.5. The summed E-state index contributed by atoms with van der Waals surface area (Å²) in [6, 6.07) is -0.468. The number of aliphatic carboxylic acids is 1. The molecule has 0 radical (unpaired) electrons. The zero-order chi connectivity index (χ0) is 12.8. The molecule has 0 bridgehead atoms. The lowest BCUT2D eigenvalue weighted by atomic mass is 10.00. The first-order valence-corrected chi connectivity index (χ1v) is 5.24. The van der Waals surface area contributed by atoms with Crippen molar-refractivity contribution in [3.8, 4) is 0 Å². The number of allylic oxidation sites excluding steroid dienone is 1. The van der Waals surface area contributed by atoms with Gasteiger partial charge in [0.25, 0.3) is 0 Å². The van der Waals surface area contributed by atoms with Gasteiger partial charge in [0.2, 0.25) is 0 Å². The molecule has 0 fully saturated rings. The van der Waals surface area contributed by atoms with Gasteiger partial charge in [-0.15, -0.1) is 0 Å². The molecule has 0 aliphatic heterocycles. The second-order valence-corrected chi connectivity index (χ2v) is 4.11. The standard InChI is InChI=1S/C11H20N2O3/c1-5-11(4,9(14)15)13-10(16)12-7-6-8(2)3/h6H,5,7H2,1-4H3,(H,14,15)(H2,12,13,16). The third-order valence-electron chi connectivity index (χ3n) is 2.34. The predicted octanol–water partition coefficient (Wildman–Crippen LogP) is 1.51. The maximum absolute atomic E-state index is 11.4. The van der Waals surface area contributed by atoms with Crippen LogP contribution in [0.1, 0.15) is 34.1 Å². The van der Waals surface area contributed by atoms with Crippen LogP contribution in [0.4, 0.5) is 4.79 Å². The molecule has 0 aliphatic rings. The van der Waals surface area contributed by atoms with Crippen molar-refractivity contribution >= 4 is 12.0 Å². The molecular weight excluding hydrogens is 208 g/mol. The van der Waals surface area contributed by atoms with E-state index in [1.807, 2.05) is 19.9 Å². The van der Waals surface area contributed by atoms with Crippen molar-refractivity contribution in [2.45, 2.75) is 39.7 Å². The molecule has 0 rings (SSSR count). The van der Waals surface area contributed by atoms with Crippen LogP contribution < -0.4 is 10.6 Å². The van der Waals surface area contributed by atoms with Crippen LogP contribution in [0.2, 0.25) is 0 Å². The van der Waals surface area contributed by atoms with Crippen LogP contribution in [0.15, 0.2) is 11.6 Å². The summed E-state index contributed by atoms with van der Waals surface area (Å²) >= 11 is 0. The summed E-state index contributed by atoms with van der Waals surface area (Å²) in [5.41, 5.74) is -0.119. The zero-order valence-electron chi connectivity index (χ0n) is 10.3. The third-order valence-corrected chi connectivity index (χ3v) is 2.34. The number of rotatable bonds is 5. The number of carboxylic acid groups (broad SMARTS) is 1. The predicted molar refractivity (Wildman–Crippen MR) is 62.3 cm³/mol. The molecule has 0 aromatic heterocycles. The van der Waals surface area contributed by atoms with E-state index >= 15 is 0 Å². The van der Waals surface area contributed by atoms with Crippen LogP contribution in [-0.4, -0.2) is 29.2 Å². The number of hydrogen-bond acceptors (Lipinski definition) is 2. The molecule has 0 saturated heterocycles. The first-order chi connectivity index (χ1) is 7.31. The minimum absolute atomic E-state index is 0.332. The molecule has 16 heavy (non-hydrogen) atoms. The Hall–Kier alpha value is -1.52. The van der Waals surface area contributed by atoms with Gasteiger partial charge in [-0.3, -0.25) is 0 Å². The molecule has 0 aliphatic carbocycles. The van der Waals surface area contributed by atoms with Crippen molar-refractivity contribution in [2.75, 3.05) is 6.54 Å². The molecule has 2 amide bonds. The molecular formula is C11H20N2O3. The first-order valence-electron chi connectivity index (χ1n) is 5.24. The normalized spacial score (nSPS) is 13.5. The number of urea groups is 1. The Labute approximate surface area is 95.9 Å². The van der Waals surface area contributed by atoms with Gasteiger partial charge in [0, 0.05) is 6.54 Å². The van der Waals surface area contributed by atoms with Gasteiger partial charge >= 0.3 is 12.0 Å². The highest BCUT2D eigenvalue weighted by atomic mass is 16.4. The van der Waals surface area contributed by atoms with E-state index in [4.69, 9.17) is 5.11 Å². The summed E-state index contributed by atoms with van der Waals surface area (Å²) < 4.78 is 0. The Morgan fingerprint density at radius 1 is 1.38 bits per heavy atom. The van der Waals surface area contributed by atoms with Gasteiger partial charge in [-0.1, -0.05) is 18.6 Å². The van der Waals surface area contributed by atoms with Gasteiger partial charge in [-0.05, 0) is 27.2 Å². The number of amides is 2. The van der Waals surface area contributed by atoms with E-state index in [0.717, 1.165) is 5.57 Å². The number of carbonyl (C=O) groups excluding carboxylic acids is 1. The lowest BCUT2D eigenvalue weighted by Gasteiger charge is -2.24. The van der Waals surface area contributed by atoms with Crippen LogP contribution in [0.25, 0.3) is 0 Å². The van der Waals surface area contributed by atoms with Crippen molar-refractivity contribution < 1.29 is 14.7 Å². The number of hydrogen-bond donors (Lipinski definition) is 3. The largest absolute Gasteiger partial charge is 0.480 e. The maximum atomic E-state index is 11.4. The van der Waals surface area contributed by atoms with E-state index in [1.165, 1.54) is 6.92 Å². The van der Waals surface area contributed by atoms with Crippen molar-refractivity contribution in [3.05, 3.63) is 11.6 Å². The lowest BCUT2D eigenvalue weighted by molar-refractivity contribution is -0.143. The fourth-order valence-corrected chi connectivity index (χ4v) is 0.936. The summed E-state index contributed by atoms with van der Waals surface area (Å²) in [6.45, 7) is 7.44. The van der Waals surface area contributed by atoms with Gasteiger partial charge in [0.05, 0.1) is 0 Å². The maximum Gasteiger partial charge on any atom is 0.329 e. The van der Waals surface area contributed by atoms with Gasteiger partial charge < -0.3 is 15.7 Å². The van der Waals surface area contributed by atoms with E-state index in [9.17, 15) is 9.59 Å². The molecule has 0 aromatic carbocycles. The van der Waals surface area contributed by atoms with Crippen LogP contribution in [-0.2, 0) is 4.79 Å². The molecule has 0 heterocycles. The van der Waals surface area contributed by atoms with Gasteiger partial charge in [-0.25, -0.2) is 9.59 Å². The fourth-order valence-electron chi connectivity index (χ4n) is 0.936. The Kier molecular flexibility index (Phi) is 5.56. The van der Waals surface area contributed by atoms with Crippen molar-refractivity contribution in [1.29, 1.82) is 0 Å². The minimum Gasteiger partial charge on any atom is -0.480 e. The minimum atomic E-state index is -1.21. The Balaban J connectivity index is 4.23. The summed E-state index contributed by atoms with van der Waals surface area (Å²) in [6.07, 6.45) is 2.18. The molecule has 1 atom stereocenters. The number of carboxylic acids is 1. The van der Waals surface area contributed by atoms with Crippen molar-refractivity contribution in [1.82, 2.24) is 10.6 Å². The van der Waals surface area contributed by atoms with Gasteiger partial charge in [-0.2, -0.15) is 0 Å².